The van der Waals surface area contributed by atoms with E-state index in [2.05, 4.69) is 0 Å². The first kappa shape index (κ1) is 18.4. The Bertz CT molecular complexity index is 754. The molecule has 2 saturated heterocycles. The van der Waals surface area contributed by atoms with E-state index in [9.17, 15) is 24.6 Å². The van der Waals surface area contributed by atoms with Crippen LogP contribution in [0, 0.1) is 17.8 Å². The second-order valence-electron chi connectivity index (χ2n) is 8.12. The molecule has 0 unspecified atom stereocenters. The summed E-state index contributed by atoms with van der Waals surface area (Å²) in [6, 6.07) is -0.543. The average Bonchev–Trinajstić information content (AvgIpc) is 3.27. The zero-order valence-electron chi connectivity index (χ0n) is 15.4. The predicted octanol–water partition coefficient (Wildman–Crippen LogP) is 0.921. The topological polar surface area (TPSA) is 104 Å². The maximum Gasteiger partial charge on any atom is 0.320 e. The molecule has 7 nitrogen and oxygen atoms in total. The first-order chi connectivity index (χ1) is 12.9. The van der Waals surface area contributed by atoms with Gasteiger partial charge in [0.05, 0.1) is 12.5 Å². The third-order valence-electron chi connectivity index (χ3n) is 6.69. The fraction of sp³-hybridized carbons (Fsp3) is 0.650. The molecule has 0 radical (unpaired) electrons. The fourth-order valence-corrected chi connectivity index (χ4v) is 5.37. The van der Waals surface area contributed by atoms with E-state index in [4.69, 9.17) is 4.74 Å². The van der Waals surface area contributed by atoms with E-state index in [0.29, 0.717) is 37.1 Å². The van der Waals surface area contributed by atoms with Crippen LogP contribution >= 0.6 is 0 Å². The Morgan fingerprint density at radius 1 is 1.33 bits per heavy atom. The van der Waals surface area contributed by atoms with Gasteiger partial charge in [0.2, 0.25) is 0 Å². The van der Waals surface area contributed by atoms with Gasteiger partial charge >= 0.3 is 11.9 Å². The van der Waals surface area contributed by atoms with Crippen molar-refractivity contribution in [1.82, 2.24) is 4.90 Å². The molecule has 2 fully saturated rings. The second-order valence-corrected chi connectivity index (χ2v) is 8.12. The van der Waals surface area contributed by atoms with E-state index >= 15 is 0 Å². The summed E-state index contributed by atoms with van der Waals surface area (Å²) in [5, 5.41) is 19.1. The number of aliphatic hydroxyl groups excluding tert-OH is 1. The maximum absolute atomic E-state index is 12.7. The van der Waals surface area contributed by atoms with Gasteiger partial charge in [0, 0.05) is 24.0 Å². The molecule has 0 bridgehead atoms. The quantitative estimate of drug-likeness (QED) is 0.704. The number of aliphatic carboxylic acids is 1. The molecule has 2 N–H and O–H groups in total. The normalized spacial score (nSPS) is 36.4. The minimum atomic E-state index is -0.844. The van der Waals surface area contributed by atoms with Crippen molar-refractivity contribution in [2.24, 2.45) is 17.8 Å². The van der Waals surface area contributed by atoms with Crippen molar-refractivity contribution in [3.63, 3.8) is 0 Å². The summed E-state index contributed by atoms with van der Waals surface area (Å²) in [5.41, 5.74) is 2.28. The maximum atomic E-state index is 12.7. The Balaban J connectivity index is 1.61. The average molecular weight is 375 g/mol. The standard InChI is InChI=1S/C20H25NO6/c1-10-4-5-12-13(8-21-6-2-3-14(21)19(24)25)20(26)27-18(12)17-11(9-22)7-15(23)16(10)17/h7,12-14,17-18,22H,2-6,8-9H2,1H3,(H,24,25)/t12-,13-,14+,17+,18+/m0/s1. The molecule has 0 aromatic rings. The van der Waals surface area contributed by atoms with Gasteiger partial charge in [-0.15, -0.1) is 0 Å². The number of allylic oxidation sites excluding steroid dienone is 2. The van der Waals surface area contributed by atoms with Crippen LogP contribution in [0.15, 0.2) is 22.8 Å². The fourth-order valence-electron chi connectivity index (χ4n) is 5.37. The largest absolute Gasteiger partial charge is 0.480 e. The molecule has 0 saturated carbocycles. The van der Waals surface area contributed by atoms with Gasteiger partial charge in [-0.25, -0.2) is 0 Å². The molecule has 0 amide bonds. The minimum absolute atomic E-state index is 0.0779. The van der Waals surface area contributed by atoms with Crippen molar-refractivity contribution >= 4 is 17.7 Å². The Morgan fingerprint density at radius 2 is 2.11 bits per heavy atom. The van der Waals surface area contributed by atoms with Crippen molar-refractivity contribution in [1.29, 1.82) is 0 Å². The number of likely N-dealkylation sites (tertiary alicyclic amines) is 1. The second kappa shape index (κ2) is 6.87. The molecule has 4 rings (SSSR count). The number of aliphatic hydroxyl groups is 1. The zero-order chi connectivity index (χ0) is 19.3. The summed E-state index contributed by atoms with van der Waals surface area (Å²) < 4.78 is 5.76. The van der Waals surface area contributed by atoms with Crippen molar-refractivity contribution in [2.45, 2.75) is 44.8 Å². The van der Waals surface area contributed by atoms with Gasteiger partial charge < -0.3 is 14.9 Å². The number of hydrogen-bond acceptors (Lipinski definition) is 6. The minimum Gasteiger partial charge on any atom is -0.480 e. The molecular weight excluding hydrogens is 350 g/mol. The highest BCUT2D eigenvalue weighted by Crippen LogP contribution is 2.48. The summed E-state index contributed by atoms with van der Waals surface area (Å²) >= 11 is 0. The van der Waals surface area contributed by atoms with E-state index in [1.165, 1.54) is 6.08 Å². The van der Waals surface area contributed by atoms with Crippen LogP contribution in [0.1, 0.15) is 32.6 Å². The first-order valence-corrected chi connectivity index (χ1v) is 9.65. The van der Waals surface area contributed by atoms with Gasteiger partial charge in [-0.05, 0) is 50.8 Å². The molecule has 146 valence electrons. The predicted molar refractivity (Wildman–Crippen MR) is 94.7 cm³/mol. The number of carboxylic acid groups (broad SMARTS) is 1. The number of nitrogens with zero attached hydrogens (tertiary/aromatic N) is 1. The molecule has 27 heavy (non-hydrogen) atoms. The van der Waals surface area contributed by atoms with Crippen LogP contribution in [0.2, 0.25) is 0 Å². The summed E-state index contributed by atoms with van der Waals surface area (Å²) in [7, 11) is 0. The summed E-state index contributed by atoms with van der Waals surface area (Å²) in [5.74, 6) is -2.08. The van der Waals surface area contributed by atoms with E-state index < -0.39 is 24.0 Å². The summed E-state index contributed by atoms with van der Waals surface area (Å²) in [6.45, 7) is 2.76. The van der Waals surface area contributed by atoms with Gasteiger partial charge in [-0.1, -0.05) is 5.57 Å². The molecule has 7 heteroatoms. The molecule has 5 atom stereocenters. The van der Waals surface area contributed by atoms with Gasteiger partial charge in [0.25, 0.3) is 0 Å². The number of carboxylic acids is 1. The van der Waals surface area contributed by atoms with Crippen LogP contribution < -0.4 is 0 Å². The number of carbonyl (C=O) groups is 3. The van der Waals surface area contributed by atoms with E-state index in [1.54, 1.807) is 0 Å². The number of esters is 1. The third-order valence-corrected chi connectivity index (χ3v) is 6.69. The van der Waals surface area contributed by atoms with Crippen molar-refractivity contribution in [3.05, 3.63) is 22.8 Å². The Kier molecular flexibility index (Phi) is 4.68. The summed E-state index contributed by atoms with van der Waals surface area (Å²) in [4.78, 5) is 38.5. The van der Waals surface area contributed by atoms with Crippen LogP contribution in [0.25, 0.3) is 0 Å². The Morgan fingerprint density at radius 3 is 2.81 bits per heavy atom. The highest BCUT2D eigenvalue weighted by atomic mass is 16.6. The number of carbonyl (C=O) groups excluding carboxylic acids is 2. The number of fused-ring (bicyclic) bond motifs is 3. The number of ketones is 1. The highest BCUT2D eigenvalue weighted by molar-refractivity contribution is 6.09. The number of ether oxygens (including phenoxy) is 1. The van der Waals surface area contributed by atoms with Crippen LogP contribution in [0.5, 0.6) is 0 Å². The molecule has 0 spiro atoms. The molecule has 2 heterocycles. The van der Waals surface area contributed by atoms with E-state index in [-0.39, 0.29) is 30.2 Å². The van der Waals surface area contributed by atoms with E-state index in [1.807, 2.05) is 11.8 Å². The molecule has 0 aromatic heterocycles. The third kappa shape index (κ3) is 2.93. The van der Waals surface area contributed by atoms with Crippen molar-refractivity contribution in [2.75, 3.05) is 19.7 Å². The van der Waals surface area contributed by atoms with Gasteiger partial charge in [0.1, 0.15) is 12.1 Å². The lowest BCUT2D eigenvalue weighted by atomic mass is 9.80. The molecule has 0 aromatic carbocycles. The van der Waals surface area contributed by atoms with Crippen LogP contribution in [-0.4, -0.2) is 64.7 Å². The number of hydrogen-bond donors (Lipinski definition) is 2. The molecular formula is C20H25NO6. The molecule has 2 aliphatic heterocycles. The Labute approximate surface area is 157 Å². The van der Waals surface area contributed by atoms with E-state index in [0.717, 1.165) is 18.4 Å². The highest BCUT2D eigenvalue weighted by Gasteiger charge is 2.53. The molecule has 4 aliphatic rings. The lowest BCUT2D eigenvalue weighted by molar-refractivity contribution is -0.147. The lowest BCUT2D eigenvalue weighted by Crippen LogP contribution is -2.42. The van der Waals surface area contributed by atoms with Gasteiger partial charge in [0.15, 0.2) is 5.78 Å². The number of rotatable bonds is 4. The lowest BCUT2D eigenvalue weighted by Gasteiger charge is -2.28. The first-order valence-electron chi connectivity index (χ1n) is 9.65. The zero-order valence-corrected chi connectivity index (χ0v) is 15.4. The van der Waals surface area contributed by atoms with Crippen LogP contribution in [-0.2, 0) is 19.1 Å². The van der Waals surface area contributed by atoms with Crippen LogP contribution in [0.4, 0.5) is 0 Å². The van der Waals surface area contributed by atoms with Gasteiger partial charge in [-0.2, -0.15) is 0 Å². The summed E-state index contributed by atoms with van der Waals surface area (Å²) in [6.07, 6.45) is 3.88. The van der Waals surface area contributed by atoms with Crippen molar-refractivity contribution in [3.8, 4) is 0 Å². The Hall–Kier alpha value is -1.99. The monoisotopic (exact) mass is 375 g/mol. The van der Waals surface area contributed by atoms with Crippen molar-refractivity contribution < 1.29 is 29.3 Å². The molecule has 2 aliphatic carbocycles. The van der Waals surface area contributed by atoms with Crippen LogP contribution in [0.3, 0.4) is 0 Å². The van der Waals surface area contributed by atoms with Gasteiger partial charge in [-0.3, -0.25) is 19.3 Å². The SMILES string of the molecule is CC1=C2C(=O)C=C(CO)[C@H]2[C@@H]2OC(=O)[C@@H](CN3CCC[C@@H]3C(=O)O)[C@@H]2CC1. The smallest absolute Gasteiger partial charge is 0.320 e.